The zero-order valence-corrected chi connectivity index (χ0v) is 12.1. The third-order valence-corrected chi connectivity index (χ3v) is 4.94. The molecule has 2 rings (SSSR count). The molecule has 0 unspecified atom stereocenters. The van der Waals surface area contributed by atoms with Crippen LogP contribution in [0.1, 0.15) is 20.8 Å². The van der Waals surface area contributed by atoms with Crippen molar-refractivity contribution in [1.82, 2.24) is 0 Å². The number of para-hydroxylation sites is 1. The maximum atomic E-state index is 11.9. The number of amides is 1. The molecule has 1 N–H and O–H groups in total. The molecule has 0 spiro atoms. The minimum Gasteiger partial charge on any atom is -0.333 e. The minimum absolute atomic E-state index is 0.0861. The smallest absolute Gasteiger partial charge is 0.264 e. The second-order valence-corrected chi connectivity index (χ2v) is 6.54. The summed E-state index contributed by atoms with van der Waals surface area (Å²) in [4.78, 5) is 16.0. The fourth-order valence-electron chi connectivity index (χ4n) is 1.57. The van der Waals surface area contributed by atoms with E-state index in [-0.39, 0.29) is 11.8 Å². The SMILES string of the molecule is CC(C)[C@]1(C)SC(Nc2ccccc2Cl)=NC1=O. The van der Waals surface area contributed by atoms with Crippen molar-refractivity contribution in [3.05, 3.63) is 29.3 Å². The Bertz CT molecular complexity index is 515. The Balaban J connectivity index is 2.17. The predicted octanol–water partition coefficient (Wildman–Crippen LogP) is 3.80. The number of benzene rings is 1. The number of aliphatic imine (C=N–C) groups is 1. The van der Waals surface area contributed by atoms with Gasteiger partial charge in [0.25, 0.3) is 5.91 Å². The lowest BCUT2D eigenvalue weighted by Crippen LogP contribution is -2.33. The second-order valence-electron chi connectivity index (χ2n) is 4.69. The molecule has 1 heterocycles. The Morgan fingerprint density at radius 3 is 2.61 bits per heavy atom. The number of carbonyl (C=O) groups is 1. The maximum Gasteiger partial charge on any atom is 0.264 e. The molecule has 1 amide bonds. The van der Waals surface area contributed by atoms with Gasteiger partial charge in [-0.3, -0.25) is 4.79 Å². The van der Waals surface area contributed by atoms with E-state index in [4.69, 9.17) is 11.6 Å². The molecule has 0 radical (unpaired) electrons. The average Bonchev–Trinajstić information content (AvgIpc) is 2.59. The molecule has 1 aromatic rings. The maximum absolute atomic E-state index is 11.9. The first-order chi connectivity index (χ1) is 8.43. The van der Waals surface area contributed by atoms with E-state index in [1.807, 2.05) is 39.0 Å². The number of hydrogen-bond donors (Lipinski definition) is 1. The molecule has 0 aromatic heterocycles. The van der Waals surface area contributed by atoms with Crippen LogP contribution in [0.4, 0.5) is 5.69 Å². The van der Waals surface area contributed by atoms with Crippen LogP contribution in [-0.2, 0) is 4.79 Å². The monoisotopic (exact) mass is 282 g/mol. The first kappa shape index (κ1) is 13.4. The van der Waals surface area contributed by atoms with Gasteiger partial charge in [-0.1, -0.05) is 49.3 Å². The third-order valence-electron chi connectivity index (χ3n) is 3.15. The Morgan fingerprint density at radius 1 is 1.39 bits per heavy atom. The predicted molar refractivity (Wildman–Crippen MR) is 78.4 cm³/mol. The van der Waals surface area contributed by atoms with Crippen LogP contribution >= 0.6 is 23.4 Å². The molecule has 1 aliphatic rings. The Hall–Kier alpha value is -1.00. The van der Waals surface area contributed by atoms with Crippen LogP contribution in [-0.4, -0.2) is 15.8 Å². The Kier molecular flexibility index (Phi) is 3.69. The summed E-state index contributed by atoms with van der Waals surface area (Å²) in [6, 6.07) is 7.41. The lowest BCUT2D eigenvalue weighted by Gasteiger charge is -2.24. The molecule has 1 aliphatic heterocycles. The summed E-state index contributed by atoms with van der Waals surface area (Å²) in [6.45, 7) is 5.98. The largest absolute Gasteiger partial charge is 0.333 e. The highest BCUT2D eigenvalue weighted by Gasteiger charge is 2.43. The molecule has 0 aliphatic carbocycles. The summed E-state index contributed by atoms with van der Waals surface area (Å²) in [5, 5.41) is 4.34. The van der Waals surface area contributed by atoms with Crippen LogP contribution in [0.25, 0.3) is 0 Å². The van der Waals surface area contributed by atoms with E-state index in [0.29, 0.717) is 10.2 Å². The molecule has 3 nitrogen and oxygen atoms in total. The van der Waals surface area contributed by atoms with Gasteiger partial charge in [0.15, 0.2) is 5.17 Å². The van der Waals surface area contributed by atoms with Crippen LogP contribution in [0.5, 0.6) is 0 Å². The van der Waals surface area contributed by atoms with Crippen molar-refractivity contribution in [3.63, 3.8) is 0 Å². The molecular formula is C13H15ClN2OS. The molecular weight excluding hydrogens is 268 g/mol. The van der Waals surface area contributed by atoms with Crippen LogP contribution in [0.3, 0.4) is 0 Å². The van der Waals surface area contributed by atoms with Crippen molar-refractivity contribution < 1.29 is 4.79 Å². The molecule has 1 aromatic carbocycles. The number of thioether (sulfide) groups is 1. The number of halogens is 1. The topological polar surface area (TPSA) is 41.5 Å². The van der Waals surface area contributed by atoms with Gasteiger partial charge in [0.1, 0.15) is 4.75 Å². The number of hydrogen-bond acceptors (Lipinski definition) is 3. The van der Waals surface area contributed by atoms with Gasteiger partial charge in [0.05, 0.1) is 10.7 Å². The van der Waals surface area contributed by atoms with E-state index in [1.165, 1.54) is 11.8 Å². The quantitative estimate of drug-likeness (QED) is 0.897. The summed E-state index contributed by atoms with van der Waals surface area (Å²) in [6.07, 6.45) is 0. The highest BCUT2D eigenvalue weighted by atomic mass is 35.5. The van der Waals surface area contributed by atoms with Gasteiger partial charge in [0.2, 0.25) is 0 Å². The van der Waals surface area contributed by atoms with Gasteiger partial charge in [-0.25, -0.2) is 0 Å². The molecule has 96 valence electrons. The zero-order chi connectivity index (χ0) is 13.3. The molecule has 0 saturated heterocycles. The van der Waals surface area contributed by atoms with E-state index in [1.54, 1.807) is 6.07 Å². The third kappa shape index (κ3) is 2.40. The zero-order valence-electron chi connectivity index (χ0n) is 10.5. The van der Waals surface area contributed by atoms with E-state index < -0.39 is 4.75 Å². The fourth-order valence-corrected chi connectivity index (χ4v) is 2.81. The van der Waals surface area contributed by atoms with Crippen molar-refractivity contribution in [2.75, 3.05) is 5.32 Å². The van der Waals surface area contributed by atoms with Gasteiger partial charge in [-0.2, -0.15) is 4.99 Å². The van der Waals surface area contributed by atoms with Gasteiger partial charge in [-0.15, -0.1) is 0 Å². The van der Waals surface area contributed by atoms with Gasteiger partial charge in [-0.05, 0) is 25.0 Å². The highest BCUT2D eigenvalue weighted by Crippen LogP contribution is 2.40. The standard InChI is InChI=1S/C13H15ClN2OS/c1-8(2)13(3)11(17)16-12(18-13)15-10-7-5-4-6-9(10)14/h4-8H,1-3H3,(H,15,16,17)/t13-/m0/s1. The summed E-state index contributed by atoms with van der Waals surface area (Å²) in [7, 11) is 0. The Morgan fingerprint density at radius 2 is 2.06 bits per heavy atom. The van der Waals surface area contributed by atoms with Crippen LogP contribution in [0.2, 0.25) is 5.02 Å². The number of amidine groups is 1. The van der Waals surface area contributed by atoms with E-state index >= 15 is 0 Å². The number of anilines is 1. The molecule has 1 atom stereocenters. The normalized spacial score (nSPS) is 23.4. The van der Waals surface area contributed by atoms with Crippen molar-refractivity contribution in [2.45, 2.75) is 25.5 Å². The Labute approximate surface area is 116 Å². The van der Waals surface area contributed by atoms with Crippen molar-refractivity contribution in [3.8, 4) is 0 Å². The molecule has 18 heavy (non-hydrogen) atoms. The van der Waals surface area contributed by atoms with Crippen molar-refractivity contribution in [2.24, 2.45) is 10.9 Å². The van der Waals surface area contributed by atoms with Crippen LogP contribution in [0.15, 0.2) is 29.3 Å². The van der Waals surface area contributed by atoms with E-state index in [0.717, 1.165) is 5.69 Å². The first-order valence-corrected chi connectivity index (χ1v) is 6.96. The summed E-state index contributed by atoms with van der Waals surface area (Å²) in [5.41, 5.74) is 0.770. The molecule has 0 bridgehead atoms. The lowest BCUT2D eigenvalue weighted by molar-refractivity contribution is -0.120. The number of nitrogens with zero attached hydrogens (tertiary/aromatic N) is 1. The minimum atomic E-state index is -0.483. The lowest BCUT2D eigenvalue weighted by atomic mass is 9.96. The first-order valence-electron chi connectivity index (χ1n) is 5.77. The summed E-state index contributed by atoms with van der Waals surface area (Å²) >= 11 is 7.52. The number of nitrogens with one attached hydrogen (secondary N) is 1. The second kappa shape index (κ2) is 4.94. The number of rotatable bonds is 2. The summed E-state index contributed by atoms with van der Waals surface area (Å²) in [5.74, 6) is 0.140. The number of carbonyl (C=O) groups excluding carboxylic acids is 1. The van der Waals surface area contributed by atoms with Gasteiger partial charge < -0.3 is 5.32 Å². The highest BCUT2D eigenvalue weighted by molar-refractivity contribution is 8.16. The van der Waals surface area contributed by atoms with Gasteiger partial charge in [0, 0.05) is 0 Å². The van der Waals surface area contributed by atoms with Crippen molar-refractivity contribution >= 4 is 40.1 Å². The fraction of sp³-hybridized carbons (Fsp3) is 0.385. The van der Waals surface area contributed by atoms with Gasteiger partial charge >= 0.3 is 0 Å². The van der Waals surface area contributed by atoms with Crippen LogP contribution < -0.4 is 5.32 Å². The van der Waals surface area contributed by atoms with E-state index in [2.05, 4.69) is 10.3 Å². The molecule has 0 saturated carbocycles. The molecule has 0 fully saturated rings. The summed E-state index contributed by atoms with van der Waals surface area (Å²) < 4.78 is -0.483. The molecule has 5 heteroatoms. The average molecular weight is 283 g/mol. The van der Waals surface area contributed by atoms with Crippen molar-refractivity contribution in [1.29, 1.82) is 0 Å². The van der Waals surface area contributed by atoms with E-state index in [9.17, 15) is 4.79 Å². The van der Waals surface area contributed by atoms with Crippen LogP contribution in [0, 0.1) is 5.92 Å².